The molecule has 1 heterocycles. The van der Waals surface area contributed by atoms with Crippen LogP contribution in [0.1, 0.15) is 25.0 Å². The quantitative estimate of drug-likeness (QED) is 0.930. The van der Waals surface area contributed by atoms with Crippen LogP contribution < -0.4 is 10.1 Å². The highest BCUT2D eigenvalue weighted by atomic mass is 16.5. The van der Waals surface area contributed by atoms with E-state index in [0.717, 1.165) is 18.6 Å². The van der Waals surface area contributed by atoms with E-state index in [-0.39, 0.29) is 12.0 Å². The van der Waals surface area contributed by atoms with Crippen LogP contribution in [0.25, 0.3) is 10.8 Å². The van der Waals surface area contributed by atoms with Crippen molar-refractivity contribution in [3.63, 3.8) is 0 Å². The molecule has 1 atom stereocenters. The first-order chi connectivity index (χ1) is 9.65. The van der Waals surface area contributed by atoms with Crippen LogP contribution in [0, 0.1) is 0 Å². The van der Waals surface area contributed by atoms with Gasteiger partial charge >= 0.3 is 0 Å². The Labute approximate surface area is 118 Å². The molecule has 2 aromatic carbocycles. The van der Waals surface area contributed by atoms with Gasteiger partial charge in [-0.1, -0.05) is 24.3 Å². The molecule has 0 spiro atoms. The number of nitrogens with one attached hydrogen (secondary N) is 1. The summed E-state index contributed by atoms with van der Waals surface area (Å²) in [6.45, 7) is 4.33. The first-order valence-electron chi connectivity index (χ1n) is 7.09. The third-order valence-electron chi connectivity index (χ3n) is 3.78. The van der Waals surface area contributed by atoms with E-state index in [1.165, 1.54) is 21.9 Å². The molecule has 0 bridgehead atoms. The molecular formula is C17H19NO2. The van der Waals surface area contributed by atoms with Gasteiger partial charge in [0, 0.05) is 25.5 Å². The van der Waals surface area contributed by atoms with Crippen LogP contribution in [-0.4, -0.2) is 18.6 Å². The number of hydrogen-bond acceptors (Lipinski definition) is 2. The number of fused-ring (bicyclic) bond motifs is 3. The average Bonchev–Trinajstić information content (AvgIpc) is 2.78. The number of ether oxygens (including phenoxy) is 1. The SMILES string of the molecule is CC(=O)NCCc1cccc2ccc3c(c12)CC(C)O3. The Morgan fingerprint density at radius 3 is 3.00 bits per heavy atom. The van der Waals surface area contributed by atoms with Crippen LogP contribution in [0.2, 0.25) is 0 Å². The predicted octanol–water partition coefficient (Wildman–Crippen LogP) is 2.84. The third kappa shape index (κ3) is 2.36. The van der Waals surface area contributed by atoms with Crippen LogP contribution in [0.15, 0.2) is 30.3 Å². The standard InChI is InChI=1S/C17H19NO2/c1-11-10-15-16(20-11)7-6-13-4-3-5-14(17(13)15)8-9-18-12(2)19/h3-7,11H,8-10H2,1-2H3,(H,18,19). The summed E-state index contributed by atoms with van der Waals surface area (Å²) in [6.07, 6.45) is 2.06. The molecule has 104 valence electrons. The molecule has 1 aliphatic rings. The van der Waals surface area contributed by atoms with Crippen molar-refractivity contribution in [2.24, 2.45) is 0 Å². The number of carbonyl (C=O) groups excluding carboxylic acids is 1. The maximum absolute atomic E-state index is 11.0. The van der Waals surface area contributed by atoms with Crippen molar-refractivity contribution in [3.05, 3.63) is 41.5 Å². The number of carbonyl (C=O) groups is 1. The highest BCUT2D eigenvalue weighted by Crippen LogP contribution is 2.36. The molecule has 3 heteroatoms. The molecule has 1 amide bonds. The van der Waals surface area contributed by atoms with Crippen molar-refractivity contribution >= 4 is 16.7 Å². The molecule has 1 N–H and O–H groups in total. The lowest BCUT2D eigenvalue weighted by atomic mass is 9.95. The molecule has 3 nitrogen and oxygen atoms in total. The fraction of sp³-hybridized carbons (Fsp3) is 0.353. The Bertz CT molecular complexity index is 663. The van der Waals surface area contributed by atoms with E-state index in [2.05, 4.69) is 42.6 Å². The summed E-state index contributed by atoms with van der Waals surface area (Å²) in [5.74, 6) is 1.03. The molecule has 1 unspecified atom stereocenters. The summed E-state index contributed by atoms with van der Waals surface area (Å²) in [5.41, 5.74) is 2.60. The zero-order chi connectivity index (χ0) is 14.1. The van der Waals surface area contributed by atoms with E-state index in [0.29, 0.717) is 6.54 Å². The van der Waals surface area contributed by atoms with Gasteiger partial charge in [0.05, 0.1) is 0 Å². The minimum Gasteiger partial charge on any atom is -0.490 e. The minimum absolute atomic E-state index is 0.0208. The lowest BCUT2D eigenvalue weighted by Crippen LogP contribution is -2.22. The first kappa shape index (κ1) is 13.0. The van der Waals surface area contributed by atoms with Gasteiger partial charge < -0.3 is 10.1 Å². The summed E-state index contributed by atoms with van der Waals surface area (Å²) in [6, 6.07) is 10.6. The second-order valence-electron chi connectivity index (χ2n) is 5.42. The van der Waals surface area contributed by atoms with E-state index in [4.69, 9.17) is 4.74 Å². The minimum atomic E-state index is 0.0208. The molecular weight excluding hydrogens is 250 g/mol. The van der Waals surface area contributed by atoms with Gasteiger partial charge in [0.25, 0.3) is 0 Å². The lowest BCUT2D eigenvalue weighted by molar-refractivity contribution is -0.118. The molecule has 3 rings (SSSR count). The van der Waals surface area contributed by atoms with E-state index in [1.54, 1.807) is 6.92 Å². The van der Waals surface area contributed by atoms with Crippen LogP contribution in [0.4, 0.5) is 0 Å². The topological polar surface area (TPSA) is 38.3 Å². The largest absolute Gasteiger partial charge is 0.490 e. The highest BCUT2D eigenvalue weighted by molar-refractivity contribution is 5.91. The van der Waals surface area contributed by atoms with Gasteiger partial charge in [-0.15, -0.1) is 0 Å². The Hall–Kier alpha value is -2.03. The van der Waals surface area contributed by atoms with E-state index >= 15 is 0 Å². The number of hydrogen-bond donors (Lipinski definition) is 1. The fourth-order valence-corrected chi connectivity index (χ4v) is 2.96. The Balaban J connectivity index is 2.00. The normalized spacial score (nSPS) is 16.8. The monoisotopic (exact) mass is 269 g/mol. The molecule has 20 heavy (non-hydrogen) atoms. The number of benzene rings is 2. The van der Waals surface area contributed by atoms with Crippen molar-refractivity contribution in [2.45, 2.75) is 32.8 Å². The fourth-order valence-electron chi connectivity index (χ4n) is 2.96. The molecule has 0 saturated heterocycles. The zero-order valence-electron chi connectivity index (χ0n) is 11.9. The predicted molar refractivity (Wildman–Crippen MR) is 80.1 cm³/mol. The molecule has 0 saturated carbocycles. The van der Waals surface area contributed by atoms with E-state index in [9.17, 15) is 4.79 Å². The van der Waals surface area contributed by atoms with Gasteiger partial charge in [-0.25, -0.2) is 0 Å². The first-order valence-corrected chi connectivity index (χ1v) is 7.09. The van der Waals surface area contributed by atoms with E-state index in [1.807, 2.05) is 0 Å². The van der Waals surface area contributed by atoms with E-state index < -0.39 is 0 Å². The molecule has 0 aliphatic carbocycles. The average molecular weight is 269 g/mol. The maximum Gasteiger partial charge on any atom is 0.216 e. The zero-order valence-corrected chi connectivity index (χ0v) is 11.9. The third-order valence-corrected chi connectivity index (χ3v) is 3.78. The van der Waals surface area contributed by atoms with Gasteiger partial charge in [-0.3, -0.25) is 4.79 Å². The van der Waals surface area contributed by atoms with Crippen molar-refractivity contribution < 1.29 is 9.53 Å². The second kappa shape index (κ2) is 5.16. The summed E-state index contributed by atoms with van der Waals surface area (Å²) in [7, 11) is 0. The molecule has 0 fully saturated rings. The van der Waals surface area contributed by atoms with Gasteiger partial charge in [0.15, 0.2) is 0 Å². The van der Waals surface area contributed by atoms with Gasteiger partial charge in [0.1, 0.15) is 11.9 Å². The highest BCUT2D eigenvalue weighted by Gasteiger charge is 2.22. The van der Waals surface area contributed by atoms with Crippen LogP contribution >= 0.6 is 0 Å². The van der Waals surface area contributed by atoms with Crippen molar-refractivity contribution in [2.75, 3.05) is 6.54 Å². The van der Waals surface area contributed by atoms with Crippen molar-refractivity contribution in [1.29, 1.82) is 0 Å². The van der Waals surface area contributed by atoms with Crippen LogP contribution in [-0.2, 0) is 17.6 Å². The summed E-state index contributed by atoms with van der Waals surface area (Å²) >= 11 is 0. The summed E-state index contributed by atoms with van der Waals surface area (Å²) < 4.78 is 5.84. The molecule has 0 aromatic heterocycles. The lowest BCUT2D eigenvalue weighted by Gasteiger charge is -2.10. The summed E-state index contributed by atoms with van der Waals surface area (Å²) in [4.78, 5) is 11.0. The molecule has 1 aliphatic heterocycles. The van der Waals surface area contributed by atoms with Crippen molar-refractivity contribution in [3.8, 4) is 5.75 Å². The maximum atomic E-state index is 11.0. The van der Waals surface area contributed by atoms with Gasteiger partial charge in [-0.2, -0.15) is 0 Å². The smallest absolute Gasteiger partial charge is 0.216 e. The number of rotatable bonds is 3. The second-order valence-corrected chi connectivity index (χ2v) is 5.42. The molecule has 0 radical (unpaired) electrons. The van der Waals surface area contributed by atoms with Gasteiger partial charge in [-0.05, 0) is 35.7 Å². The van der Waals surface area contributed by atoms with Crippen LogP contribution in [0.3, 0.4) is 0 Å². The Kier molecular flexibility index (Phi) is 3.35. The summed E-state index contributed by atoms with van der Waals surface area (Å²) in [5, 5.41) is 5.42. The van der Waals surface area contributed by atoms with Crippen LogP contribution in [0.5, 0.6) is 5.75 Å². The Morgan fingerprint density at radius 2 is 2.20 bits per heavy atom. The van der Waals surface area contributed by atoms with Crippen molar-refractivity contribution in [1.82, 2.24) is 5.32 Å². The number of amides is 1. The molecule has 2 aromatic rings. The Morgan fingerprint density at radius 1 is 1.35 bits per heavy atom. The van der Waals surface area contributed by atoms with Gasteiger partial charge in [0.2, 0.25) is 5.91 Å².